The average Bonchev–Trinajstić information content (AvgIpc) is 3.04. The van der Waals surface area contributed by atoms with Gasteiger partial charge in [0.25, 0.3) is 0 Å². The third kappa shape index (κ3) is 1.77. The Morgan fingerprint density at radius 1 is 1.24 bits per heavy atom. The Labute approximate surface area is 121 Å². The van der Waals surface area contributed by atoms with E-state index in [4.69, 9.17) is 15.2 Å². The van der Waals surface area contributed by atoms with Gasteiger partial charge in [-0.15, -0.1) is 0 Å². The molecule has 0 saturated carbocycles. The van der Waals surface area contributed by atoms with Gasteiger partial charge in [0.2, 0.25) is 0 Å². The SMILES string of the molecule is CC1=C[C@H](n2cnc3c(N)ncnc32)[C@H]2OC(C)(C)O[C@@H]12. The van der Waals surface area contributed by atoms with Crippen LogP contribution in [0.4, 0.5) is 5.82 Å². The minimum atomic E-state index is -0.576. The van der Waals surface area contributed by atoms with Crippen LogP contribution in [0.15, 0.2) is 24.3 Å². The van der Waals surface area contributed by atoms with Crippen LogP contribution in [-0.4, -0.2) is 37.5 Å². The largest absolute Gasteiger partial charge is 0.382 e. The molecule has 110 valence electrons. The van der Waals surface area contributed by atoms with E-state index in [1.807, 2.05) is 18.4 Å². The summed E-state index contributed by atoms with van der Waals surface area (Å²) < 4.78 is 14.0. The highest BCUT2D eigenvalue weighted by Crippen LogP contribution is 2.43. The number of anilines is 1. The number of imidazole rings is 1. The number of hydrogen-bond acceptors (Lipinski definition) is 6. The first-order chi connectivity index (χ1) is 9.96. The molecular weight excluding hydrogens is 270 g/mol. The maximum absolute atomic E-state index is 6.06. The fourth-order valence-electron chi connectivity index (χ4n) is 3.18. The highest BCUT2D eigenvalue weighted by Gasteiger charge is 2.49. The van der Waals surface area contributed by atoms with E-state index >= 15 is 0 Å². The topological polar surface area (TPSA) is 88.1 Å². The van der Waals surface area contributed by atoms with Crippen molar-refractivity contribution in [2.75, 3.05) is 5.73 Å². The number of rotatable bonds is 1. The first kappa shape index (κ1) is 12.7. The van der Waals surface area contributed by atoms with Crippen molar-refractivity contribution < 1.29 is 9.47 Å². The molecule has 3 atom stereocenters. The second-order valence-electron chi connectivity index (χ2n) is 6.00. The fourth-order valence-corrected chi connectivity index (χ4v) is 3.18. The minimum Gasteiger partial charge on any atom is -0.382 e. The fraction of sp³-hybridized carbons (Fsp3) is 0.500. The van der Waals surface area contributed by atoms with Crippen molar-refractivity contribution in [1.29, 1.82) is 0 Å². The molecule has 1 saturated heterocycles. The lowest BCUT2D eigenvalue weighted by molar-refractivity contribution is -0.147. The summed E-state index contributed by atoms with van der Waals surface area (Å²) in [4.78, 5) is 12.6. The molecule has 2 aromatic rings. The maximum atomic E-state index is 6.06. The lowest BCUT2D eigenvalue weighted by atomic mass is 10.1. The Hall–Kier alpha value is -1.99. The standard InChI is InChI=1S/C14H17N5O2/c1-7-4-8(11-10(7)20-14(2,3)21-11)19-6-18-9-12(15)16-5-17-13(9)19/h4-6,8,10-11H,1-3H3,(H2,15,16,17)/t8-,10-,11+/m0/s1. The van der Waals surface area contributed by atoms with E-state index in [1.54, 1.807) is 6.33 Å². The average molecular weight is 287 g/mol. The number of nitrogens with two attached hydrogens (primary N) is 1. The lowest BCUT2D eigenvalue weighted by Gasteiger charge is -2.21. The highest BCUT2D eigenvalue weighted by molar-refractivity contribution is 5.81. The van der Waals surface area contributed by atoms with E-state index in [9.17, 15) is 0 Å². The summed E-state index contributed by atoms with van der Waals surface area (Å²) in [5.41, 5.74) is 8.34. The van der Waals surface area contributed by atoms with Crippen LogP contribution in [0.2, 0.25) is 0 Å². The molecule has 2 N–H and O–H groups in total. The number of nitrogen functional groups attached to an aromatic ring is 1. The van der Waals surface area contributed by atoms with Crippen LogP contribution in [0.25, 0.3) is 11.2 Å². The van der Waals surface area contributed by atoms with Crippen LogP contribution in [0.5, 0.6) is 0 Å². The zero-order valence-electron chi connectivity index (χ0n) is 12.1. The first-order valence-corrected chi connectivity index (χ1v) is 6.93. The molecule has 2 aromatic heterocycles. The van der Waals surface area contributed by atoms with Gasteiger partial charge in [0.15, 0.2) is 17.3 Å². The third-order valence-corrected chi connectivity index (χ3v) is 4.06. The Balaban J connectivity index is 1.81. The smallest absolute Gasteiger partial charge is 0.166 e. The monoisotopic (exact) mass is 287 g/mol. The molecule has 4 rings (SSSR count). The van der Waals surface area contributed by atoms with E-state index in [1.165, 1.54) is 11.9 Å². The molecule has 1 aliphatic heterocycles. The van der Waals surface area contributed by atoms with E-state index in [0.717, 1.165) is 0 Å². The molecule has 1 aliphatic carbocycles. The minimum absolute atomic E-state index is 0.00363. The molecule has 0 amide bonds. The molecule has 2 aliphatic rings. The molecule has 0 unspecified atom stereocenters. The van der Waals surface area contributed by atoms with Crippen molar-refractivity contribution in [3.8, 4) is 0 Å². The summed E-state index contributed by atoms with van der Waals surface area (Å²) in [5.74, 6) is -0.189. The molecule has 21 heavy (non-hydrogen) atoms. The van der Waals surface area contributed by atoms with E-state index < -0.39 is 5.79 Å². The van der Waals surface area contributed by atoms with Gasteiger partial charge >= 0.3 is 0 Å². The van der Waals surface area contributed by atoms with Crippen molar-refractivity contribution in [2.45, 2.75) is 44.8 Å². The van der Waals surface area contributed by atoms with Gasteiger partial charge in [0, 0.05) is 0 Å². The highest BCUT2D eigenvalue weighted by atomic mass is 16.8. The van der Waals surface area contributed by atoms with Gasteiger partial charge in [-0.2, -0.15) is 0 Å². The number of fused-ring (bicyclic) bond motifs is 2. The number of nitrogens with zero attached hydrogens (tertiary/aromatic N) is 4. The Bertz CT molecular complexity index is 751. The van der Waals surface area contributed by atoms with Gasteiger partial charge in [-0.25, -0.2) is 15.0 Å². The second-order valence-corrected chi connectivity index (χ2v) is 6.00. The van der Waals surface area contributed by atoms with Crippen LogP contribution in [-0.2, 0) is 9.47 Å². The van der Waals surface area contributed by atoms with Gasteiger partial charge in [-0.05, 0) is 26.3 Å². The first-order valence-electron chi connectivity index (χ1n) is 6.93. The summed E-state index contributed by atoms with van der Waals surface area (Å²) >= 11 is 0. The maximum Gasteiger partial charge on any atom is 0.166 e. The van der Waals surface area contributed by atoms with Crippen LogP contribution < -0.4 is 5.73 Å². The third-order valence-electron chi connectivity index (χ3n) is 4.06. The van der Waals surface area contributed by atoms with Gasteiger partial charge in [0.1, 0.15) is 24.1 Å². The van der Waals surface area contributed by atoms with Crippen molar-refractivity contribution in [3.05, 3.63) is 24.3 Å². The quantitative estimate of drug-likeness (QED) is 0.798. The predicted molar refractivity (Wildman–Crippen MR) is 76.4 cm³/mol. The molecule has 3 heterocycles. The van der Waals surface area contributed by atoms with E-state index in [-0.39, 0.29) is 18.2 Å². The van der Waals surface area contributed by atoms with Crippen molar-refractivity contribution in [1.82, 2.24) is 19.5 Å². The van der Waals surface area contributed by atoms with Gasteiger partial charge in [-0.3, -0.25) is 0 Å². The zero-order valence-corrected chi connectivity index (χ0v) is 12.1. The molecule has 0 radical (unpaired) electrons. The van der Waals surface area contributed by atoms with E-state index in [2.05, 4.69) is 28.0 Å². The second kappa shape index (κ2) is 4.02. The Morgan fingerprint density at radius 3 is 2.86 bits per heavy atom. The predicted octanol–water partition coefficient (Wildman–Crippen LogP) is 1.43. The van der Waals surface area contributed by atoms with Crippen LogP contribution in [0, 0.1) is 0 Å². The summed E-state index contributed by atoms with van der Waals surface area (Å²) in [5, 5.41) is 0. The molecule has 7 heteroatoms. The molecule has 7 nitrogen and oxygen atoms in total. The number of ether oxygens (including phenoxy) is 2. The Morgan fingerprint density at radius 2 is 2.05 bits per heavy atom. The van der Waals surface area contributed by atoms with Crippen LogP contribution in [0.1, 0.15) is 26.8 Å². The summed E-state index contributed by atoms with van der Waals surface area (Å²) in [6.07, 6.45) is 5.23. The van der Waals surface area contributed by atoms with Crippen molar-refractivity contribution in [3.63, 3.8) is 0 Å². The molecular formula is C14H17N5O2. The normalized spacial score (nSPS) is 30.6. The number of aromatic nitrogens is 4. The van der Waals surface area contributed by atoms with Crippen molar-refractivity contribution >= 4 is 17.0 Å². The zero-order chi connectivity index (χ0) is 14.8. The molecule has 0 aromatic carbocycles. The van der Waals surface area contributed by atoms with Crippen LogP contribution >= 0.6 is 0 Å². The molecule has 0 bridgehead atoms. The van der Waals surface area contributed by atoms with Gasteiger partial charge < -0.3 is 19.8 Å². The summed E-state index contributed by atoms with van der Waals surface area (Å²) in [6, 6.07) is -0.00363. The van der Waals surface area contributed by atoms with Crippen molar-refractivity contribution in [2.24, 2.45) is 0 Å². The van der Waals surface area contributed by atoms with Crippen LogP contribution in [0.3, 0.4) is 0 Å². The van der Waals surface area contributed by atoms with Gasteiger partial charge in [0.05, 0.1) is 12.4 Å². The molecule has 0 spiro atoms. The summed E-state index contributed by atoms with van der Waals surface area (Å²) in [7, 11) is 0. The summed E-state index contributed by atoms with van der Waals surface area (Å²) in [6.45, 7) is 5.93. The van der Waals surface area contributed by atoms with Gasteiger partial charge in [-0.1, -0.05) is 6.08 Å². The Kier molecular flexibility index (Phi) is 2.44. The van der Waals surface area contributed by atoms with E-state index in [0.29, 0.717) is 17.0 Å². The number of hydrogen-bond donors (Lipinski definition) is 1. The lowest BCUT2D eigenvalue weighted by Crippen LogP contribution is -2.27. The molecule has 1 fully saturated rings.